The molecule has 3 aliphatic heterocycles. The number of fused-ring (bicyclic) bond motifs is 4. The van der Waals surface area contributed by atoms with Gasteiger partial charge < -0.3 is 15.0 Å². The number of nitrogens with one attached hydrogen (secondary N) is 1. The second-order valence-electron chi connectivity index (χ2n) is 10.4. The van der Waals surface area contributed by atoms with Crippen molar-refractivity contribution in [1.29, 1.82) is 0 Å². The third kappa shape index (κ3) is 5.30. The SMILES string of the molecule is O=C(Nc1cc(Cl)c(-c2ccc(OCCN3CCCCC3)nc2)cc1F)N1C2CCC1c1ccnc(F)c1C2. The highest BCUT2D eigenvalue weighted by atomic mass is 35.5. The van der Waals surface area contributed by atoms with Crippen LogP contribution in [0.15, 0.2) is 42.7 Å². The molecule has 2 fully saturated rings. The number of aromatic nitrogens is 2. The Morgan fingerprint density at radius 2 is 1.95 bits per heavy atom. The van der Waals surface area contributed by atoms with Gasteiger partial charge in [0.15, 0.2) is 0 Å². The van der Waals surface area contributed by atoms with Gasteiger partial charge in [0.25, 0.3) is 0 Å². The van der Waals surface area contributed by atoms with Crippen molar-refractivity contribution in [2.24, 2.45) is 0 Å². The Morgan fingerprint density at radius 1 is 1.10 bits per heavy atom. The van der Waals surface area contributed by atoms with E-state index in [0.29, 0.717) is 35.6 Å². The van der Waals surface area contributed by atoms with Gasteiger partial charge in [-0.3, -0.25) is 4.90 Å². The predicted octanol–water partition coefficient (Wildman–Crippen LogP) is 6.23. The number of urea groups is 1. The fourth-order valence-corrected chi connectivity index (χ4v) is 6.33. The molecule has 2 saturated heterocycles. The summed E-state index contributed by atoms with van der Waals surface area (Å²) in [6.45, 7) is 3.65. The summed E-state index contributed by atoms with van der Waals surface area (Å²) >= 11 is 6.52. The summed E-state index contributed by atoms with van der Waals surface area (Å²) in [4.78, 5) is 25.4. The van der Waals surface area contributed by atoms with Gasteiger partial charge in [-0.05, 0) is 75.0 Å². The Kier molecular flexibility index (Phi) is 7.36. The van der Waals surface area contributed by atoms with E-state index in [9.17, 15) is 9.18 Å². The number of likely N-dealkylation sites (tertiary alicyclic amines) is 1. The zero-order chi connectivity index (χ0) is 26.9. The molecule has 39 heavy (non-hydrogen) atoms. The number of pyridine rings is 2. The van der Waals surface area contributed by atoms with Crippen molar-refractivity contribution >= 4 is 23.3 Å². The van der Waals surface area contributed by atoms with Crippen molar-refractivity contribution in [3.05, 3.63) is 70.6 Å². The molecule has 2 unspecified atom stereocenters. The van der Waals surface area contributed by atoms with Gasteiger partial charge in [-0.2, -0.15) is 4.39 Å². The standard InChI is InChI=1S/C29H30ClF2N5O2/c30-23-16-25(35-29(38)37-19-5-6-26(37)20-8-9-33-28(32)22(20)14-19)24(31)15-21(23)18-4-7-27(34-17-18)39-13-12-36-10-2-1-3-11-36/h4,7-9,15-17,19,26H,1-3,5-6,10-14H2,(H,35,38). The number of carbonyl (C=O) groups is 1. The minimum Gasteiger partial charge on any atom is -0.476 e. The van der Waals surface area contributed by atoms with Gasteiger partial charge in [0, 0.05) is 47.7 Å². The first-order chi connectivity index (χ1) is 19.0. The van der Waals surface area contributed by atoms with Crippen LogP contribution in [0.25, 0.3) is 11.1 Å². The second-order valence-corrected chi connectivity index (χ2v) is 10.8. The van der Waals surface area contributed by atoms with Gasteiger partial charge in [0.2, 0.25) is 11.8 Å². The molecular formula is C29H30ClF2N5O2. The van der Waals surface area contributed by atoms with Gasteiger partial charge >= 0.3 is 6.03 Å². The lowest BCUT2D eigenvalue weighted by molar-refractivity contribution is 0.178. The van der Waals surface area contributed by atoms with Gasteiger partial charge in [-0.15, -0.1) is 0 Å². The lowest BCUT2D eigenvalue weighted by atomic mass is 9.95. The van der Waals surface area contributed by atoms with Crippen LogP contribution in [0.1, 0.15) is 49.3 Å². The second kappa shape index (κ2) is 11.1. The van der Waals surface area contributed by atoms with Gasteiger partial charge in [-0.25, -0.2) is 19.2 Å². The largest absolute Gasteiger partial charge is 0.476 e. The van der Waals surface area contributed by atoms with Crippen LogP contribution in [0.2, 0.25) is 5.02 Å². The maximum Gasteiger partial charge on any atom is 0.322 e. The highest BCUT2D eigenvalue weighted by Gasteiger charge is 2.43. The minimum atomic E-state index is -0.607. The molecule has 6 rings (SSSR count). The van der Waals surface area contributed by atoms with Crippen LogP contribution >= 0.6 is 11.6 Å². The van der Waals surface area contributed by atoms with Crippen molar-refractivity contribution in [3.8, 4) is 17.0 Å². The van der Waals surface area contributed by atoms with E-state index in [1.165, 1.54) is 37.6 Å². The maximum absolute atomic E-state index is 15.2. The molecule has 2 aromatic heterocycles. The molecular weight excluding hydrogens is 524 g/mol. The van der Waals surface area contributed by atoms with Crippen LogP contribution in [0.4, 0.5) is 19.3 Å². The van der Waals surface area contributed by atoms with Crippen LogP contribution < -0.4 is 10.1 Å². The molecule has 2 bridgehead atoms. The van der Waals surface area contributed by atoms with Crippen molar-refractivity contribution in [2.45, 2.75) is 50.6 Å². The number of piperidine rings is 1. The molecule has 1 aromatic carbocycles. The van der Waals surface area contributed by atoms with E-state index in [4.69, 9.17) is 16.3 Å². The number of halogens is 3. The van der Waals surface area contributed by atoms with E-state index >= 15 is 4.39 Å². The molecule has 0 spiro atoms. The summed E-state index contributed by atoms with van der Waals surface area (Å²) in [5, 5.41) is 2.97. The summed E-state index contributed by atoms with van der Waals surface area (Å²) in [7, 11) is 0. The normalized spacial score (nSPS) is 20.5. The molecule has 3 aromatic rings. The first-order valence-electron chi connectivity index (χ1n) is 13.5. The summed E-state index contributed by atoms with van der Waals surface area (Å²) in [6, 6.07) is 7.16. The fraction of sp³-hybridized carbons (Fsp3) is 0.414. The summed E-state index contributed by atoms with van der Waals surface area (Å²) in [5.41, 5.74) is 2.44. The Bertz CT molecular complexity index is 1370. The van der Waals surface area contributed by atoms with Crippen molar-refractivity contribution in [3.63, 3.8) is 0 Å². The van der Waals surface area contributed by atoms with E-state index < -0.39 is 17.8 Å². The average molecular weight is 554 g/mol. The lowest BCUT2D eigenvalue weighted by Crippen LogP contribution is -2.44. The Hall–Kier alpha value is -3.30. The third-order valence-electron chi connectivity index (χ3n) is 8.03. The number of amides is 2. The summed E-state index contributed by atoms with van der Waals surface area (Å²) < 4.78 is 35.2. The number of hydrogen-bond donors (Lipinski definition) is 1. The minimum absolute atomic E-state index is 0.00881. The molecule has 204 valence electrons. The van der Waals surface area contributed by atoms with E-state index in [1.807, 2.05) is 0 Å². The van der Waals surface area contributed by atoms with Crippen LogP contribution in [0, 0.1) is 11.8 Å². The van der Waals surface area contributed by atoms with Gasteiger partial charge in [0.05, 0.1) is 16.8 Å². The number of benzene rings is 1. The molecule has 3 aliphatic rings. The number of carbonyl (C=O) groups excluding carboxylic acids is 1. The number of nitrogens with zero attached hydrogens (tertiary/aromatic N) is 4. The van der Waals surface area contributed by atoms with Crippen molar-refractivity contribution < 1.29 is 18.3 Å². The first kappa shape index (κ1) is 26.0. The smallest absolute Gasteiger partial charge is 0.322 e. The summed E-state index contributed by atoms with van der Waals surface area (Å²) in [6.07, 6.45) is 8.66. The lowest BCUT2D eigenvalue weighted by Gasteiger charge is -2.36. The molecule has 0 radical (unpaired) electrons. The molecule has 7 nitrogen and oxygen atoms in total. The first-order valence-corrected chi connectivity index (χ1v) is 13.9. The zero-order valence-corrected chi connectivity index (χ0v) is 22.3. The van der Waals surface area contributed by atoms with E-state index in [1.54, 1.807) is 29.3 Å². The van der Waals surface area contributed by atoms with Gasteiger partial charge in [0.1, 0.15) is 12.4 Å². The van der Waals surface area contributed by atoms with E-state index in [2.05, 4.69) is 20.2 Å². The molecule has 2 atom stereocenters. The van der Waals surface area contributed by atoms with Crippen molar-refractivity contribution in [1.82, 2.24) is 19.8 Å². The number of hydrogen-bond acceptors (Lipinski definition) is 5. The molecule has 0 aliphatic carbocycles. The molecule has 2 amide bonds. The Morgan fingerprint density at radius 3 is 2.74 bits per heavy atom. The number of ether oxygens (including phenoxy) is 1. The molecule has 1 N–H and O–H groups in total. The van der Waals surface area contributed by atoms with Gasteiger partial charge in [-0.1, -0.05) is 18.0 Å². The Labute approximate surface area is 231 Å². The van der Waals surface area contributed by atoms with Crippen molar-refractivity contribution in [2.75, 3.05) is 31.6 Å². The summed E-state index contributed by atoms with van der Waals surface area (Å²) in [5.74, 6) is -0.585. The predicted molar refractivity (Wildman–Crippen MR) is 145 cm³/mol. The number of rotatable bonds is 6. The maximum atomic E-state index is 15.2. The van der Waals surface area contributed by atoms with E-state index in [0.717, 1.165) is 38.0 Å². The Balaban J connectivity index is 1.12. The zero-order valence-electron chi connectivity index (χ0n) is 21.5. The number of anilines is 1. The molecule has 10 heteroatoms. The van der Waals surface area contributed by atoms with Crippen LogP contribution in [-0.4, -0.2) is 58.1 Å². The molecule has 5 heterocycles. The van der Waals surface area contributed by atoms with Crippen LogP contribution in [0.3, 0.4) is 0 Å². The topological polar surface area (TPSA) is 70.6 Å². The quantitative estimate of drug-likeness (QED) is 0.366. The average Bonchev–Trinajstić information content (AvgIpc) is 3.27. The highest BCUT2D eigenvalue weighted by Crippen LogP contribution is 2.44. The van der Waals surface area contributed by atoms with E-state index in [-0.39, 0.29) is 22.8 Å². The molecule has 0 saturated carbocycles. The van der Waals surface area contributed by atoms with Crippen LogP contribution in [-0.2, 0) is 6.42 Å². The third-order valence-corrected chi connectivity index (χ3v) is 8.34. The fourth-order valence-electron chi connectivity index (χ4n) is 6.06. The highest BCUT2D eigenvalue weighted by molar-refractivity contribution is 6.33. The van der Waals surface area contributed by atoms with Crippen LogP contribution in [0.5, 0.6) is 5.88 Å². The monoisotopic (exact) mass is 553 g/mol.